The first-order valence-corrected chi connectivity index (χ1v) is 4.07. The van der Waals surface area contributed by atoms with Gasteiger partial charge in [0.05, 0.1) is 6.61 Å². The van der Waals surface area contributed by atoms with Gasteiger partial charge in [0.1, 0.15) is 0 Å². The first kappa shape index (κ1) is 10.3. The summed E-state index contributed by atoms with van der Waals surface area (Å²) in [4.78, 5) is 0. The molecule has 1 heteroatoms. The van der Waals surface area contributed by atoms with Gasteiger partial charge < -0.3 is 5.11 Å². The van der Waals surface area contributed by atoms with Gasteiger partial charge in [-0.3, -0.25) is 0 Å². The van der Waals surface area contributed by atoms with Crippen LogP contribution in [0.5, 0.6) is 0 Å². The van der Waals surface area contributed by atoms with E-state index in [1.165, 1.54) is 12.8 Å². The van der Waals surface area contributed by atoms with Gasteiger partial charge in [-0.2, -0.15) is 0 Å². The lowest BCUT2D eigenvalue weighted by molar-refractivity contribution is 0.342. The van der Waals surface area contributed by atoms with Crippen molar-refractivity contribution in [2.24, 2.45) is 0 Å². The number of aliphatic hydroxyl groups excluding tert-OH is 1. The Labute approximate surface area is 69.1 Å². The van der Waals surface area contributed by atoms with Crippen molar-refractivity contribution in [3.63, 3.8) is 0 Å². The first-order chi connectivity index (χ1) is 5.31. The summed E-state index contributed by atoms with van der Waals surface area (Å²) < 4.78 is 0. The minimum atomic E-state index is 0.0916. The van der Waals surface area contributed by atoms with Gasteiger partial charge in [-0.1, -0.05) is 25.2 Å². The zero-order valence-electron chi connectivity index (χ0n) is 7.35. The van der Waals surface area contributed by atoms with Gasteiger partial charge in [-0.05, 0) is 25.0 Å². The predicted molar refractivity (Wildman–Crippen MR) is 48.1 cm³/mol. The standard InChI is InChI=1S/C10H16O/c1-3-4-5-6-7-10(2)8-9-11/h8,11H,3-5,9H2,1-2H3/b10-8-. The molecule has 0 aliphatic heterocycles. The highest BCUT2D eigenvalue weighted by Gasteiger charge is 1.79. The summed E-state index contributed by atoms with van der Waals surface area (Å²) in [7, 11) is 0. The minimum absolute atomic E-state index is 0.0916. The van der Waals surface area contributed by atoms with E-state index < -0.39 is 0 Å². The molecule has 0 heterocycles. The second kappa shape index (κ2) is 7.37. The summed E-state index contributed by atoms with van der Waals surface area (Å²) in [6, 6.07) is 0. The third-order valence-corrected chi connectivity index (χ3v) is 1.34. The molecule has 62 valence electrons. The largest absolute Gasteiger partial charge is 0.392 e. The van der Waals surface area contributed by atoms with Crippen LogP contribution in [-0.2, 0) is 0 Å². The summed E-state index contributed by atoms with van der Waals surface area (Å²) in [5.74, 6) is 6.01. The van der Waals surface area contributed by atoms with E-state index in [-0.39, 0.29) is 6.61 Å². The molecule has 0 radical (unpaired) electrons. The summed E-state index contributed by atoms with van der Waals surface area (Å²) in [6.07, 6.45) is 5.04. The maximum Gasteiger partial charge on any atom is 0.0624 e. The molecule has 0 aromatic heterocycles. The highest BCUT2D eigenvalue weighted by molar-refractivity contribution is 5.26. The smallest absolute Gasteiger partial charge is 0.0624 e. The van der Waals surface area contributed by atoms with Crippen LogP contribution >= 0.6 is 0 Å². The summed E-state index contributed by atoms with van der Waals surface area (Å²) in [6.45, 7) is 4.15. The van der Waals surface area contributed by atoms with Gasteiger partial charge in [-0.15, -0.1) is 0 Å². The number of rotatable bonds is 3. The van der Waals surface area contributed by atoms with Crippen LogP contribution in [0.3, 0.4) is 0 Å². The molecule has 0 aromatic carbocycles. The third-order valence-electron chi connectivity index (χ3n) is 1.34. The highest BCUT2D eigenvalue weighted by atomic mass is 16.2. The fraction of sp³-hybridized carbons (Fsp3) is 0.600. The Bertz CT molecular complexity index is 169. The van der Waals surface area contributed by atoms with Crippen molar-refractivity contribution < 1.29 is 5.11 Å². The van der Waals surface area contributed by atoms with Crippen LogP contribution in [-0.4, -0.2) is 11.7 Å². The second-order valence-electron chi connectivity index (χ2n) is 2.48. The molecule has 0 fully saturated rings. The molecule has 0 spiro atoms. The van der Waals surface area contributed by atoms with E-state index in [0.717, 1.165) is 12.0 Å². The molecule has 0 amide bonds. The van der Waals surface area contributed by atoms with Crippen LogP contribution < -0.4 is 0 Å². The summed E-state index contributed by atoms with van der Waals surface area (Å²) in [5, 5.41) is 8.50. The molecule has 0 aliphatic rings. The average molecular weight is 152 g/mol. The van der Waals surface area contributed by atoms with E-state index in [4.69, 9.17) is 5.11 Å². The van der Waals surface area contributed by atoms with Crippen LogP contribution in [0.4, 0.5) is 0 Å². The number of allylic oxidation sites excluding steroid dienone is 1. The SMILES string of the molecule is CCCCC#C/C(C)=C\CO. The van der Waals surface area contributed by atoms with Gasteiger partial charge in [0.2, 0.25) is 0 Å². The molecule has 0 saturated carbocycles. The Morgan fingerprint density at radius 3 is 2.82 bits per heavy atom. The number of aliphatic hydroxyl groups is 1. The van der Waals surface area contributed by atoms with Crippen LogP contribution in [0.25, 0.3) is 0 Å². The van der Waals surface area contributed by atoms with Crippen LogP contribution in [0.15, 0.2) is 11.6 Å². The Morgan fingerprint density at radius 2 is 2.27 bits per heavy atom. The van der Waals surface area contributed by atoms with Crippen molar-refractivity contribution in [3.05, 3.63) is 11.6 Å². The normalized spacial score (nSPS) is 10.6. The first-order valence-electron chi connectivity index (χ1n) is 4.07. The van der Waals surface area contributed by atoms with E-state index >= 15 is 0 Å². The van der Waals surface area contributed by atoms with E-state index in [0.29, 0.717) is 0 Å². The van der Waals surface area contributed by atoms with Crippen molar-refractivity contribution in [2.75, 3.05) is 6.61 Å². The van der Waals surface area contributed by atoms with E-state index in [2.05, 4.69) is 18.8 Å². The highest BCUT2D eigenvalue weighted by Crippen LogP contribution is 1.93. The van der Waals surface area contributed by atoms with Crippen molar-refractivity contribution in [1.29, 1.82) is 0 Å². The molecule has 0 rings (SSSR count). The lowest BCUT2D eigenvalue weighted by Crippen LogP contribution is -1.76. The molecule has 11 heavy (non-hydrogen) atoms. The zero-order chi connectivity index (χ0) is 8.53. The van der Waals surface area contributed by atoms with E-state index in [9.17, 15) is 0 Å². The minimum Gasteiger partial charge on any atom is -0.392 e. The fourth-order valence-corrected chi connectivity index (χ4v) is 0.655. The zero-order valence-corrected chi connectivity index (χ0v) is 7.35. The Kier molecular flexibility index (Phi) is 6.87. The lowest BCUT2D eigenvalue weighted by Gasteiger charge is -1.86. The summed E-state index contributed by atoms with van der Waals surface area (Å²) >= 11 is 0. The van der Waals surface area contributed by atoms with Crippen LogP contribution in [0, 0.1) is 11.8 Å². The molecule has 1 nitrogen and oxygen atoms in total. The molecule has 0 atom stereocenters. The molecule has 0 bridgehead atoms. The van der Waals surface area contributed by atoms with Crippen molar-refractivity contribution in [1.82, 2.24) is 0 Å². The second-order valence-corrected chi connectivity index (χ2v) is 2.48. The van der Waals surface area contributed by atoms with Crippen molar-refractivity contribution in [2.45, 2.75) is 33.1 Å². The molecular weight excluding hydrogens is 136 g/mol. The monoisotopic (exact) mass is 152 g/mol. The van der Waals surface area contributed by atoms with Gasteiger partial charge in [0, 0.05) is 6.42 Å². The maximum atomic E-state index is 8.50. The topological polar surface area (TPSA) is 20.2 Å². The van der Waals surface area contributed by atoms with Gasteiger partial charge in [0.15, 0.2) is 0 Å². The lowest BCUT2D eigenvalue weighted by atomic mass is 10.2. The van der Waals surface area contributed by atoms with Gasteiger partial charge >= 0.3 is 0 Å². The number of hydrogen-bond acceptors (Lipinski definition) is 1. The maximum absolute atomic E-state index is 8.50. The number of hydrogen-bond donors (Lipinski definition) is 1. The van der Waals surface area contributed by atoms with Crippen molar-refractivity contribution in [3.8, 4) is 11.8 Å². The third kappa shape index (κ3) is 7.15. The summed E-state index contributed by atoms with van der Waals surface area (Å²) in [5.41, 5.74) is 0.962. The van der Waals surface area contributed by atoms with E-state index in [1.54, 1.807) is 6.08 Å². The molecule has 0 aromatic rings. The van der Waals surface area contributed by atoms with Crippen LogP contribution in [0.1, 0.15) is 33.1 Å². The Morgan fingerprint density at radius 1 is 1.55 bits per heavy atom. The Balaban J connectivity index is 3.59. The average Bonchev–Trinajstić information content (AvgIpc) is 1.99. The van der Waals surface area contributed by atoms with Gasteiger partial charge in [-0.25, -0.2) is 0 Å². The molecular formula is C10H16O. The Hall–Kier alpha value is -0.740. The number of unbranched alkanes of at least 4 members (excludes halogenated alkanes) is 2. The van der Waals surface area contributed by atoms with E-state index in [1.807, 2.05) is 6.92 Å². The quantitative estimate of drug-likeness (QED) is 0.485. The molecule has 1 N–H and O–H groups in total. The fourth-order valence-electron chi connectivity index (χ4n) is 0.655. The predicted octanol–water partition coefficient (Wildman–Crippen LogP) is 2.12. The van der Waals surface area contributed by atoms with Crippen molar-refractivity contribution >= 4 is 0 Å². The molecule has 0 saturated heterocycles. The van der Waals surface area contributed by atoms with Crippen LogP contribution in [0.2, 0.25) is 0 Å². The molecule has 0 aliphatic carbocycles. The molecule has 0 unspecified atom stereocenters. The van der Waals surface area contributed by atoms with Gasteiger partial charge in [0.25, 0.3) is 0 Å².